The van der Waals surface area contributed by atoms with Crippen molar-refractivity contribution in [2.45, 2.75) is 0 Å². The zero-order valence-electron chi connectivity index (χ0n) is 10.3. The molecule has 1 aromatic carbocycles. The molecule has 6 heteroatoms. The summed E-state index contributed by atoms with van der Waals surface area (Å²) in [6.45, 7) is 0. The second-order valence-corrected chi connectivity index (χ2v) is 4.68. The van der Waals surface area contributed by atoms with E-state index >= 15 is 0 Å². The van der Waals surface area contributed by atoms with E-state index in [1.807, 2.05) is 43.6 Å². The van der Waals surface area contributed by atoms with Gasteiger partial charge in [0, 0.05) is 18.3 Å². The summed E-state index contributed by atoms with van der Waals surface area (Å²) in [6, 6.07) is 9.41. The third kappa shape index (κ3) is 2.08. The van der Waals surface area contributed by atoms with Gasteiger partial charge >= 0.3 is 0 Å². The van der Waals surface area contributed by atoms with Crippen LogP contribution in [-0.2, 0) is 7.05 Å². The van der Waals surface area contributed by atoms with Crippen LogP contribution in [0, 0.1) is 0 Å². The van der Waals surface area contributed by atoms with E-state index in [9.17, 15) is 0 Å². The topological polar surface area (TPSA) is 72.5 Å². The largest absolute Gasteiger partial charge is 0.382 e. The normalized spacial score (nSPS) is 10.8. The van der Waals surface area contributed by atoms with Crippen molar-refractivity contribution < 1.29 is 0 Å². The minimum atomic E-state index is 0.433. The van der Waals surface area contributed by atoms with Gasteiger partial charge in [-0.2, -0.15) is 10.2 Å². The lowest BCUT2D eigenvalue weighted by Crippen LogP contribution is -1.91. The maximum absolute atomic E-state index is 6.03. The third-order valence-corrected chi connectivity index (χ3v) is 3.11. The number of hydrogen-bond acceptors (Lipinski definition) is 3. The zero-order chi connectivity index (χ0) is 13.4. The van der Waals surface area contributed by atoms with E-state index < -0.39 is 0 Å². The number of nitrogens with one attached hydrogen (secondary N) is 1. The molecule has 0 bridgehead atoms. The molecule has 0 saturated carbocycles. The number of aromatic amines is 1. The number of nitrogens with two attached hydrogens (primary N) is 1. The van der Waals surface area contributed by atoms with E-state index in [2.05, 4.69) is 15.3 Å². The highest BCUT2D eigenvalue weighted by atomic mass is 35.5. The van der Waals surface area contributed by atoms with E-state index in [0.29, 0.717) is 10.8 Å². The summed E-state index contributed by atoms with van der Waals surface area (Å²) in [6.07, 6.45) is 1.87. The number of H-pyrrole nitrogens is 1. The van der Waals surface area contributed by atoms with Gasteiger partial charge in [-0.15, -0.1) is 0 Å². The Morgan fingerprint density at radius 3 is 2.84 bits per heavy atom. The monoisotopic (exact) mass is 273 g/mol. The summed E-state index contributed by atoms with van der Waals surface area (Å²) in [5, 5.41) is 12.0. The van der Waals surface area contributed by atoms with Crippen molar-refractivity contribution in [1.82, 2.24) is 20.0 Å². The predicted octanol–water partition coefficient (Wildman–Crippen LogP) is 2.71. The molecule has 0 saturated heterocycles. The molecule has 0 aliphatic carbocycles. The highest BCUT2D eigenvalue weighted by molar-refractivity contribution is 6.30. The van der Waals surface area contributed by atoms with Gasteiger partial charge in [0.05, 0.1) is 11.3 Å². The summed E-state index contributed by atoms with van der Waals surface area (Å²) in [5.41, 5.74) is 9.27. The van der Waals surface area contributed by atoms with Gasteiger partial charge in [-0.1, -0.05) is 23.7 Å². The summed E-state index contributed by atoms with van der Waals surface area (Å²) < 4.78 is 1.73. The predicted molar refractivity (Wildman–Crippen MR) is 75.6 cm³/mol. The minimum absolute atomic E-state index is 0.433. The molecular weight excluding hydrogens is 262 g/mol. The number of benzene rings is 1. The lowest BCUT2D eigenvalue weighted by atomic mass is 10.0. The Morgan fingerprint density at radius 1 is 1.32 bits per heavy atom. The molecular formula is C13H12ClN5. The van der Waals surface area contributed by atoms with Crippen LogP contribution in [0.15, 0.2) is 36.5 Å². The van der Waals surface area contributed by atoms with Gasteiger partial charge < -0.3 is 5.73 Å². The third-order valence-electron chi connectivity index (χ3n) is 2.88. The second kappa shape index (κ2) is 4.44. The van der Waals surface area contributed by atoms with Crippen LogP contribution in [0.5, 0.6) is 0 Å². The fourth-order valence-electron chi connectivity index (χ4n) is 2.03. The van der Waals surface area contributed by atoms with Crippen LogP contribution < -0.4 is 5.73 Å². The average molecular weight is 274 g/mol. The lowest BCUT2D eigenvalue weighted by molar-refractivity contribution is 0.770. The van der Waals surface area contributed by atoms with Gasteiger partial charge in [-0.05, 0) is 23.8 Å². The average Bonchev–Trinajstić information content (AvgIpc) is 2.95. The lowest BCUT2D eigenvalue weighted by Gasteiger charge is -2.03. The van der Waals surface area contributed by atoms with E-state index in [1.165, 1.54) is 0 Å². The molecule has 2 aromatic heterocycles. The fraction of sp³-hybridized carbons (Fsp3) is 0.0769. The molecule has 0 radical (unpaired) electrons. The van der Waals surface area contributed by atoms with Gasteiger partial charge in [0.25, 0.3) is 0 Å². The van der Waals surface area contributed by atoms with Crippen molar-refractivity contribution in [2.24, 2.45) is 7.05 Å². The summed E-state index contributed by atoms with van der Waals surface area (Å²) in [4.78, 5) is 0. The minimum Gasteiger partial charge on any atom is -0.382 e. The van der Waals surface area contributed by atoms with Crippen molar-refractivity contribution in [3.05, 3.63) is 41.6 Å². The van der Waals surface area contributed by atoms with Crippen molar-refractivity contribution >= 4 is 17.4 Å². The maximum atomic E-state index is 6.03. The summed E-state index contributed by atoms with van der Waals surface area (Å²) in [7, 11) is 1.86. The molecule has 0 spiro atoms. The molecule has 3 rings (SSSR count). The molecule has 0 unspecified atom stereocenters. The number of hydrogen-bond donors (Lipinski definition) is 2. The molecule has 0 fully saturated rings. The number of aromatic nitrogens is 4. The first-order valence-corrected chi connectivity index (χ1v) is 6.13. The zero-order valence-corrected chi connectivity index (χ0v) is 11.0. The Hall–Kier alpha value is -2.27. The van der Waals surface area contributed by atoms with E-state index in [-0.39, 0.29) is 0 Å². The number of nitrogen functional groups attached to an aromatic ring is 1. The second-order valence-electron chi connectivity index (χ2n) is 4.24. The molecule has 3 N–H and O–H groups in total. The molecule has 96 valence electrons. The van der Waals surface area contributed by atoms with E-state index in [1.54, 1.807) is 4.68 Å². The highest BCUT2D eigenvalue weighted by Gasteiger charge is 2.16. The molecule has 2 heterocycles. The number of nitrogens with zero attached hydrogens (tertiary/aromatic N) is 3. The molecule has 5 nitrogen and oxygen atoms in total. The van der Waals surface area contributed by atoms with Crippen molar-refractivity contribution in [3.63, 3.8) is 0 Å². The van der Waals surface area contributed by atoms with E-state index in [4.69, 9.17) is 17.3 Å². The highest BCUT2D eigenvalue weighted by Crippen LogP contribution is 2.34. The Balaban J connectivity index is 2.19. The SMILES string of the molecule is Cn1ccc(-c2[nH]nc(N)c2-c2cccc(Cl)c2)n1. The molecule has 3 aromatic rings. The first kappa shape index (κ1) is 11.8. The van der Waals surface area contributed by atoms with Crippen LogP contribution in [-0.4, -0.2) is 20.0 Å². The van der Waals surface area contributed by atoms with Gasteiger partial charge in [0.2, 0.25) is 0 Å². The van der Waals surface area contributed by atoms with Crippen molar-refractivity contribution in [2.75, 3.05) is 5.73 Å². The first-order chi connectivity index (χ1) is 9.15. The Bertz CT molecular complexity index is 728. The van der Waals surface area contributed by atoms with Crippen molar-refractivity contribution in [1.29, 1.82) is 0 Å². The van der Waals surface area contributed by atoms with Crippen LogP contribution in [0.2, 0.25) is 5.02 Å². The molecule has 0 atom stereocenters. The Morgan fingerprint density at radius 2 is 2.16 bits per heavy atom. The van der Waals surface area contributed by atoms with Gasteiger partial charge in [0.15, 0.2) is 5.82 Å². The van der Waals surface area contributed by atoms with Crippen LogP contribution in [0.4, 0.5) is 5.82 Å². The molecule has 0 amide bonds. The summed E-state index contributed by atoms with van der Waals surface area (Å²) >= 11 is 6.03. The van der Waals surface area contributed by atoms with Gasteiger partial charge in [0.1, 0.15) is 5.69 Å². The van der Waals surface area contributed by atoms with E-state index in [0.717, 1.165) is 22.5 Å². The Labute approximate surface area is 115 Å². The van der Waals surface area contributed by atoms with Crippen LogP contribution in [0.1, 0.15) is 0 Å². The smallest absolute Gasteiger partial charge is 0.153 e. The Kier molecular flexibility index (Phi) is 2.76. The standard InChI is InChI=1S/C13H12ClN5/c1-19-6-5-10(18-19)12-11(13(15)17-16-12)8-3-2-4-9(14)7-8/h2-7H,1H3,(H3,15,16,17). The van der Waals surface area contributed by atoms with Gasteiger partial charge in [-0.3, -0.25) is 9.78 Å². The molecule has 19 heavy (non-hydrogen) atoms. The molecule has 0 aliphatic heterocycles. The van der Waals surface area contributed by atoms with Crippen LogP contribution in [0.3, 0.4) is 0 Å². The summed E-state index contributed by atoms with van der Waals surface area (Å²) in [5.74, 6) is 0.433. The van der Waals surface area contributed by atoms with Crippen LogP contribution in [0.25, 0.3) is 22.5 Å². The van der Waals surface area contributed by atoms with Gasteiger partial charge in [-0.25, -0.2) is 0 Å². The number of aryl methyl sites for hydroxylation is 1. The van der Waals surface area contributed by atoms with Crippen LogP contribution >= 0.6 is 11.6 Å². The fourth-order valence-corrected chi connectivity index (χ4v) is 2.22. The maximum Gasteiger partial charge on any atom is 0.153 e. The first-order valence-electron chi connectivity index (χ1n) is 5.75. The molecule has 0 aliphatic rings. The number of anilines is 1. The number of rotatable bonds is 2. The quantitative estimate of drug-likeness (QED) is 0.754. The number of halogens is 1. The van der Waals surface area contributed by atoms with Crippen molar-refractivity contribution in [3.8, 4) is 22.5 Å².